The number of hydrogen-bond acceptors (Lipinski definition) is 0. The van der Waals surface area contributed by atoms with Crippen molar-refractivity contribution in [2.75, 3.05) is 0 Å². The molecule has 0 heteroatoms. The Labute approximate surface area is 837 Å². The Balaban J connectivity index is 0.000000163. The molecule has 0 aliphatic rings. The SMILES string of the molecule is [2H]c1c([2H])c(-c2c3c([2H])c([2H])c([2H])c([2H])c3c(-c3c([2H])c([2H])c([2H])c4c([2H])c([2H])c([2H])c([2H])c34)c3c([2H])c([2H])c([2H])c([2H])c23)c([2H])c([2H])c1-c1c([2H])c([2H])c2c([2H])c([2H])c([2H])c([2H])c2c1[2H].[2H]c1c([2H])c([2H])c(-c2c([2H])c(-c3c([2H])c([2H])c([2H])c([2H])c3[2H])c([2H])c(-c3c4c([2H])c([2H])c([2H])c([2H])c4c(-c4c([2H])c([2H])c([2H])c5c([2H])c([2H])c([2H])c([2H])c45)c4c([2H])c([2H])c([2H])c([2H])c34)c2[2H])c([2H])c1[2H].[2H]c1c([2H])c([2H])c(-c2c([2H])c([2H])c(-c3c([2H])c([2H])c(-c4c5c([2H])c([2H])c([2H])c([2H])c5c(-c5c([2H])c([2H])c([2H])c6c([2H])c([2H])c([2H])c([2H])c56)c5c([2H])c([2H])c([2H])c([2H])c45)c([2H])c3[2H])c([2H])c2[2H])c([2H])c1[2H]. The number of rotatable bonds is 11. The summed E-state index contributed by atoms with van der Waals surface area (Å²) >= 11 is 0. The molecule has 0 saturated carbocycles. The van der Waals surface area contributed by atoms with Crippen molar-refractivity contribution in [2.24, 2.45) is 0 Å². The van der Waals surface area contributed by atoms with Crippen molar-refractivity contribution in [3.63, 3.8) is 0 Å². The molecule has 0 heterocycles. The second-order valence-electron chi connectivity index (χ2n) is 26.0. The van der Waals surface area contributed by atoms with Crippen LogP contribution in [0.4, 0.5) is 0 Å². The minimum Gasteiger partial charge on any atom is -0.0622 e. The van der Waals surface area contributed by atoms with E-state index in [1.807, 2.05) is 0 Å². The summed E-state index contributed by atoms with van der Waals surface area (Å²) < 4.78 is 728. The van der Waals surface area contributed by atoms with Crippen LogP contribution in [0.15, 0.2) is 495 Å². The molecule has 0 aliphatic heterocycles. The number of fused-ring (bicyclic) bond motifs is 10. The third-order valence-electron chi connectivity index (χ3n) is 19.2. The van der Waals surface area contributed by atoms with Gasteiger partial charge in [-0.15, -0.1) is 0 Å². The summed E-state index contributed by atoms with van der Waals surface area (Å²) in [6.45, 7) is 0. The van der Waals surface area contributed by atoms with Gasteiger partial charge in [-0.1, -0.05) is 471 Å². The van der Waals surface area contributed by atoms with E-state index in [0.29, 0.717) is 0 Å². The maximum atomic E-state index is 9.86. The largest absolute Gasteiger partial charge is 0.0636 e. The van der Waals surface area contributed by atoms with Crippen LogP contribution in [-0.2, 0) is 0 Å². The summed E-state index contributed by atoms with van der Waals surface area (Å²) in [4.78, 5) is 0. The fourth-order valence-electron chi connectivity index (χ4n) is 13.9. The lowest BCUT2D eigenvalue weighted by Gasteiger charge is -2.20. The van der Waals surface area contributed by atoms with Crippen molar-refractivity contribution in [3.8, 4) is 122 Å². The zero-order valence-electron chi connectivity index (χ0n) is 144. The first-order chi connectivity index (χ1) is 95.7. The smallest absolute Gasteiger partial charge is 0.0622 e. The molecule has 0 aliphatic carbocycles. The van der Waals surface area contributed by atoms with Crippen molar-refractivity contribution in [2.45, 2.75) is 0 Å². The van der Waals surface area contributed by atoms with E-state index in [1.165, 1.54) is 0 Å². The maximum Gasteiger partial charge on any atom is 0.0636 e. The Morgan fingerprint density at radius 1 is 0.0968 bits per heavy atom. The lowest BCUT2D eigenvalue weighted by atomic mass is 9.83. The third-order valence-corrected chi connectivity index (χ3v) is 19.2. The van der Waals surface area contributed by atoms with Gasteiger partial charge >= 0.3 is 0 Å². The van der Waals surface area contributed by atoms with Gasteiger partial charge in [0.05, 0.1) is 112 Å². The van der Waals surface area contributed by atoms with Crippen LogP contribution in [0, 0.1) is 0 Å². The molecule has 24 aromatic carbocycles. The topological polar surface area (TPSA) is 0 Å². The molecular weight excluding hydrogens is 1490 g/mol. The minimum absolute atomic E-state index is 0.526. The van der Waals surface area contributed by atoms with E-state index in [1.54, 1.807) is 0 Å². The first-order valence-corrected chi connectivity index (χ1v) is 36.2. The molecule has 0 spiro atoms. The van der Waals surface area contributed by atoms with Gasteiger partial charge in [-0.3, -0.25) is 0 Å². The number of benzene rings is 24. The molecule has 124 heavy (non-hydrogen) atoms. The summed E-state index contributed by atoms with van der Waals surface area (Å²) in [5.74, 6) is 0. The van der Waals surface area contributed by atoms with Gasteiger partial charge in [0.1, 0.15) is 0 Å². The summed E-state index contributed by atoms with van der Waals surface area (Å²) in [5.41, 5.74) is -17.9. The summed E-state index contributed by atoms with van der Waals surface area (Å²) in [5, 5.41) is -14.1. The zero-order valence-corrected chi connectivity index (χ0v) is 62.0. The first kappa shape index (κ1) is 27.7. The van der Waals surface area contributed by atoms with Crippen molar-refractivity contribution >= 4 is 108 Å². The summed E-state index contributed by atoms with van der Waals surface area (Å²) in [7, 11) is 0. The van der Waals surface area contributed by atoms with Gasteiger partial charge in [0.2, 0.25) is 0 Å². The quantitative estimate of drug-likeness (QED) is 0.113. The minimum atomic E-state index is -1.16. The highest BCUT2D eigenvalue weighted by molar-refractivity contribution is 6.27. The molecule has 0 atom stereocenters. The highest BCUT2D eigenvalue weighted by atomic mass is 14.3. The second kappa shape index (κ2) is 32.5. The zero-order chi connectivity index (χ0) is 154. The molecule has 0 aromatic heterocycles. The van der Waals surface area contributed by atoms with E-state index < -0.39 is 726 Å². The van der Waals surface area contributed by atoms with Gasteiger partial charge in [0.15, 0.2) is 0 Å². The molecule has 24 aromatic rings. The van der Waals surface area contributed by atoms with E-state index in [0.717, 1.165) is 0 Å². The van der Waals surface area contributed by atoms with Crippen molar-refractivity contribution in [1.29, 1.82) is 0 Å². The average Bonchev–Trinajstić information content (AvgIpc) is 0.682. The molecule has 0 amide bonds. The standard InChI is InChI=1S/2C42H28.C40H26/c1-3-14-29(15-4-1)32-26-33(30-16-5-2-6-17-30)28-34(27-32)41-37-21-9-11-23-39(37)42(40-24-12-10-22-38(40)41)36-25-13-19-31-18-7-8-20-35(31)36;1-2-11-29(12-3-1)30-21-23-31(24-22-30)32-25-27-34(28-26-32)41-37-16-6-8-18-39(37)42(40-19-9-7-17-38(40)41)36-20-10-14-33-13-4-5-15-35(33)36;1-2-12-31-26-32(25-22-27(31)10-1)28-20-23-30(24-21-28)39-35-15-5-7-17-37(35)40(38-18-8-6-16-36(38)39)34-19-9-13-29-11-3-4-14-33(29)34/h2*1-28H;1-26H/i2*1D,2D,3D,4D,5D,6D,7D,8D,9D,10D,11D,12D,13D,14D,15D,16D,17D,18D,19D,20D,21D,22D,23D,24D,25D,26D,27D,28D;1D,2D,3D,4D,5D,6D,7D,8D,9D,10D,11D,12D,13D,14D,15D,16D,17D,18D,19D,20D,21D,22D,23D,24D,25D,26D. The molecular formula is C124H82. The Kier molecular flexibility index (Phi) is 7.27. The molecule has 0 radical (unpaired) electrons. The van der Waals surface area contributed by atoms with Crippen LogP contribution in [0.5, 0.6) is 0 Å². The molecule has 0 N–H and O–H groups in total. The lowest BCUT2D eigenvalue weighted by Crippen LogP contribution is -1.92. The van der Waals surface area contributed by atoms with E-state index in [4.69, 9.17) is 76.8 Å². The van der Waals surface area contributed by atoms with Crippen LogP contribution in [0.3, 0.4) is 0 Å². The second-order valence-corrected chi connectivity index (χ2v) is 26.0. The molecule has 0 unspecified atom stereocenters. The molecule has 0 saturated heterocycles. The first-order valence-electron chi connectivity index (χ1n) is 77.2. The molecule has 578 valence electrons. The van der Waals surface area contributed by atoms with Crippen LogP contribution in [-0.4, -0.2) is 0 Å². The Bertz CT molecular complexity index is 13000. The van der Waals surface area contributed by atoms with Crippen molar-refractivity contribution in [3.05, 3.63) is 495 Å². The van der Waals surface area contributed by atoms with Gasteiger partial charge in [0, 0.05) is 0 Å². The Morgan fingerprint density at radius 2 is 0.290 bits per heavy atom. The predicted octanol–water partition coefficient (Wildman–Crippen LogP) is 34.9. The van der Waals surface area contributed by atoms with Gasteiger partial charge < -0.3 is 0 Å². The van der Waals surface area contributed by atoms with Crippen molar-refractivity contribution < 1.29 is 112 Å². The van der Waals surface area contributed by atoms with Crippen LogP contribution in [0.2, 0.25) is 0 Å². The van der Waals surface area contributed by atoms with E-state index in [-0.39, 0.29) is 0 Å². The Morgan fingerprint density at radius 3 is 0.597 bits per heavy atom. The van der Waals surface area contributed by atoms with Crippen molar-refractivity contribution in [1.82, 2.24) is 0 Å². The van der Waals surface area contributed by atoms with Gasteiger partial charge in [-0.25, -0.2) is 0 Å². The van der Waals surface area contributed by atoms with Gasteiger partial charge in [-0.05, 0) is 254 Å². The normalized spacial score (nSPS) is 20.6. The van der Waals surface area contributed by atoms with E-state index in [2.05, 4.69) is 0 Å². The molecule has 24 rings (SSSR count). The molecule has 0 fully saturated rings. The van der Waals surface area contributed by atoms with Crippen LogP contribution in [0.25, 0.3) is 230 Å². The molecule has 0 bridgehead atoms. The van der Waals surface area contributed by atoms with Crippen LogP contribution >= 0.6 is 0 Å². The third kappa shape index (κ3) is 13.8. The monoisotopic (exact) mass is 1650 g/mol. The predicted molar refractivity (Wildman–Crippen MR) is 534 cm³/mol. The Hall–Kier alpha value is -16.1. The fourth-order valence-corrected chi connectivity index (χ4v) is 13.9. The van der Waals surface area contributed by atoms with Gasteiger partial charge in [0.25, 0.3) is 0 Å². The fraction of sp³-hybridized carbons (Fsp3) is 0. The highest BCUT2D eigenvalue weighted by Gasteiger charge is 2.23. The molecule has 0 nitrogen and oxygen atoms in total. The van der Waals surface area contributed by atoms with Crippen LogP contribution in [0.1, 0.15) is 112 Å². The van der Waals surface area contributed by atoms with E-state index in [9.17, 15) is 35.6 Å². The van der Waals surface area contributed by atoms with Gasteiger partial charge in [-0.2, -0.15) is 0 Å². The number of hydrogen-bond donors (Lipinski definition) is 0. The van der Waals surface area contributed by atoms with Crippen LogP contribution < -0.4 is 0 Å². The average molecular weight is 1650 g/mol. The summed E-state index contributed by atoms with van der Waals surface area (Å²) in [6, 6.07) is -79.5. The summed E-state index contributed by atoms with van der Waals surface area (Å²) in [6.07, 6.45) is 0. The highest BCUT2D eigenvalue weighted by Crippen LogP contribution is 2.51. The maximum absolute atomic E-state index is 9.86. The van der Waals surface area contributed by atoms with E-state index >= 15 is 0 Å². The lowest BCUT2D eigenvalue weighted by molar-refractivity contribution is 1.58.